The van der Waals surface area contributed by atoms with E-state index in [1.165, 1.54) is 18.3 Å². The van der Waals surface area contributed by atoms with Crippen LogP contribution in [0.2, 0.25) is 0 Å². The van der Waals surface area contributed by atoms with E-state index in [9.17, 15) is 4.39 Å². The van der Waals surface area contributed by atoms with Crippen molar-refractivity contribution in [2.45, 2.75) is 19.8 Å². The predicted molar refractivity (Wildman–Crippen MR) is 68.6 cm³/mol. The molecule has 0 aliphatic rings. The van der Waals surface area contributed by atoms with Crippen LogP contribution in [0.4, 0.5) is 4.39 Å². The minimum absolute atomic E-state index is 0.0176. The minimum atomic E-state index is -0.541. The van der Waals surface area contributed by atoms with Crippen molar-refractivity contribution < 1.29 is 4.39 Å². The largest absolute Gasteiger partial charge is 0.369 e. The van der Waals surface area contributed by atoms with Gasteiger partial charge in [0, 0.05) is 0 Å². The van der Waals surface area contributed by atoms with Crippen molar-refractivity contribution in [2.75, 3.05) is 0 Å². The fourth-order valence-corrected chi connectivity index (χ4v) is 1.61. The summed E-state index contributed by atoms with van der Waals surface area (Å²) >= 11 is 0. The van der Waals surface area contributed by atoms with Crippen molar-refractivity contribution in [3.8, 4) is 6.07 Å². The maximum absolute atomic E-state index is 13.5. The van der Waals surface area contributed by atoms with Crippen LogP contribution < -0.4 is 11.5 Å². The molecule has 6 heteroatoms. The van der Waals surface area contributed by atoms with Crippen LogP contribution in [-0.2, 0) is 0 Å². The lowest BCUT2D eigenvalue weighted by Crippen LogP contribution is -2.21. The van der Waals surface area contributed by atoms with Crippen molar-refractivity contribution in [1.29, 1.82) is 5.26 Å². The first-order valence-electron chi connectivity index (χ1n) is 5.31. The fraction of sp³-hybridized carbons (Fsp3) is 0.250. The summed E-state index contributed by atoms with van der Waals surface area (Å²) in [6, 6.07) is 4.63. The highest BCUT2D eigenvalue weighted by Gasteiger charge is 2.15. The summed E-state index contributed by atoms with van der Waals surface area (Å²) in [6.07, 6.45) is 1.40. The quantitative estimate of drug-likeness (QED) is 0.480. The van der Waals surface area contributed by atoms with Crippen LogP contribution in [0.25, 0.3) is 0 Å². The van der Waals surface area contributed by atoms with Gasteiger partial charge in [-0.05, 0) is 23.1 Å². The van der Waals surface area contributed by atoms with Gasteiger partial charge in [0.2, 0.25) is 5.96 Å². The van der Waals surface area contributed by atoms with Gasteiger partial charge in [0.15, 0.2) is 0 Å². The van der Waals surface area contributed by atoms with Gasteiger partial charge in [-0.3, -0.25) is 0 Å². The molecule has 0 atom stereocenters. The molecule has 0 radical (unpaired) electrons. The third kappa shape index (κ3) is 3.04. The van der Waals surface area contributed by atoms with E-state index in [0.717, 1.165) is 0 Å². The smallest absolute Gasteiger partial charge is 0.211 e. The summed E-state index contributed by atoms with van der Waals surface area (Å²) in [4.78, 5) is 0. The minimum Gasteiger partial charge on any atom is -0.369 e. The van der Waals surface area contributed by atoms with Gasteiger partial charge in [0.05, 0.1) is 11.8 Å². The normalized spacial score (nSPS) is 10.6. The number of guanidine groups is 1. The Balaban J connectivity index is 3.33. The van der Waals surface area contributed by atoms with E-state index in [1.54, 1.807) is 0 Å². The Morgan fingerprint density at radius 1 is 1.44 bits per heavy atom. The van der Waals surface area contributed by atoms with Crippen LogP contribution in [0, 0.1) is 17.1 Å². The van der Waals surface area contributed by atoms with Crippen LogP contribution in [0.3, 0.4) is 0 Å². The Hall–Kier alpha value is -2.42. The SMILES string of the molecule is CC(C)c1c(C=NN=C(N)N)ccc(F)c1C#N. The molecular formula is C12H14FN5. The van der Waals surface area contributed by atoms with Crippen LogP contribution in [0.15, 0.2) is 22.3 Å². The summed E-state index contributed by atoms with van der Waals surface area (Å²) in [6.45, 7) is 3.74. The summed E-state index contributed by atoms with van der Waals surface area (Å²) in [5, 5.41) is 16.1. The zero-order valence-corrected chi connectivity index (χ0v) is 10.2. The molecular weight excluding hydrogens is 233 g/mol. The highest BCUT2D eigenvalue weighted by Crippen LogP contribution is 2.24. The van der Waals surface area contributed by atoms with Gasteiger partial charge in [-0.15, -0.1) is 5.10 Å². The Bertz CT molecular complexity index is 536. The zero-order valence-electron chi connectivity index (χ0n) is 10.2. The molecule has 1 aromatic rings. The highest BCUT2D eigenvalue weighted by molar-refractivity contribution is 5.84. The first kappa shape index (κ1) is 13.6. The number of halogens is 1. The molecule has 0 fully saturated rings. The van der Waals surface area contributed by atoms with Crippen LogP contribution >= 0.6 is 0 Å². The molecule has 0 bridgehead atoms. The van der Waals surface area contributed by atoms with Gasteiger partial charge in [-0.2, -0.15) is 10.4 Å². The number of nitriles is 1. The Morgan fingerprint density at radius 2 is 2.11 bits per heavy atom. The van der Waals surface area contributed by atoms with Crippen molar-refractivity contribution in [3.05, 3.63) is 34.6 Å². The van der Waals surface area contributed by atoms with Crippen LogP contribution in [0.1, 0.15) is 36.5 Å². The summed E-state index contributed by atoms with van der Waals surface area (Å²) < 4.78 is 13.5. The number of nitrogens with two attached hydrogens (primary N) is 2. The molecule has 1 aromatic carbocycles. The van der Waals surface area contributed by atoms with Crippen molar-refractivity contribution in [2.24, 2.45) is 21.7 Å². The standard InChI is InChI=1S/C12H14FN5/c1-7(2)11-8(6-17-18-12(15)16)3-4-10(13)9(11)5-14/h3-4,6-7H,1-2H3,(H4,15,16,18). The molecule has 0 spiro atoms. The van der Waals surface area contributed by atoms with Gasteiger partial charge >= 0.3 is 0 Å². The third-order valence-electron chi connectivity index (χ3n) is 2.29. The Kier molecular flexibility index (Phi) is 4.38. The summed E-state index contributed by atoms with van der Waals surface area (Å²) in [7, 11) is 0. The Labute approximate surface area is 105 Å². The summed E-state index contributed by atoms with van der Waals surface area (Å²) in [5.41, 5.74) is 11.5. The van der Waals surface area contributed by atoms with Crippen molar-refractivity contribution >= 4 is 12.2 Å². The molecule has 5 nitrogen and oxygen atoms in total. The lowest BCUT2D eigenvalue weighted by molar-refractivity contribution is 0.618. The topological polar surface area (TPSA) is 101 Å². The van der Waals surface area contributed by atoms with E-state index < -0.39 is 5.82 Å². The van der Waals surface area contributed by atoms with E-state index in [4.69, 9.17) is 16.7 Å². The molecule has 0 saturated carbocycles. The number of benzene rings is 1. The number of nitrogens with zero attached hydrogens (tertiary/aromatic N) is 3. The third-order valence-corrected chi connectivity index (χ3v) is 2.29. The first-order chi connectivity index (χ1) is 8.47. The monoisotopic (exact) mass is 247 g/mol. The van der Waals surface area contributed by atoms with E-state index >= 15 is 0 Å². The molecule has 0 aliphatic carbocycles. The molecule has 0 aromatic heterocycles. The lowest BCUT2D eigenvalue weighted by atomic mass is 9.92. The van der Waals surface area contributed by atoms with E-state index in [-0.39, 0.29) is 17.4 Å². The second kappa shape index (κ2) is 5.77. The second-order valence-corrected chi connectivity index (χ2v) is 3.96. The number of hydrogen-bond acceptors (Lipinski definition) is 3. The molecule has 94 valence electrons. The molecule has 18 heavy (non-hydrogen) atoms. The van der Waals surface area contributed by atoms with Gasteiger partial charge in [0.1, 0.15) is 11.9 Å². The summed E-state index contributed by atoms with van der Waals surface area (Å²) in [5.74, 6) is -0.726. The highest BCUT2D eigenvalue weighted by atomic mass is 19.1. The maximum atomic E-state index is 13.5. The van der Waals surface area contributed by atoms with Crippen molar-refractivity contribution in [3.63, 3.8) is 0 Å². The van der Waals surface area contributed by atoms with Crippen LogP contribution in [0.5, 0.6) is 0 Å². The van der Waals surface area contributed by atoms with E-state index in [2.05, 4.69) is 10.2 Å². The zero-order chi connectivity index (χ0) is 13.7. The van der Waals surface area contributed by atoms with Crippen molar-refractivity contribution in [1.82, 2.24) is 0 Å². The number of rotatable bonds is 3. The lowest BCUT2D eigenvalue weighted by Gasteiger charge is -2.11. The average molecular weight is 247 g/mol. The van der Waals surface area contributed by atoms with Gasteiger partial charge in [-0.25, -0.2) is 4.39 Å². The maximum Gasteiger partial charge on any atom is 0.211 e. The van der Waals surface area contributed by atoms with Gasteiger partial charge < -0.3 is 11.5 Å². The molecule has 0 saturated heterocycles. The molecule has 0 heterocycles. The van der Waals surface area contributed by atoms with Gasteiger partial charge in [0.25, 0.3) is 0 Å². The molecule has 1 rings (SSSR count). The van der Waals surface area contributed by atoms with Gasteiger partial charge in [-0.1, -0.05) is 19.9 Å². The second-order valence-electron chi connectivity index (χ2n) is 3.96. The average Bonchev–Trinajstić information content (AvgIpc) is 2.29. The van der Waals surface area contributed by atoms with E-state index in [1.807, 2.05) is 19.9 Å². The number of hydrogen-bond donors (Lipinski definition) is 2. The first-order valence-corrected chi connectivity index (χ1v) is 5.31. The molecule has 0 aliphatic heterocycles. The Morgan fingerprint density at radius 3 is 2.61 bits per heavy atom. The fourth-order valence-electron chi connectivity index (χ4n) is 1.61. The molecule has 0 unspecified atom stereocenters. The molecule has 0 amide bonds. The van der Waals surface area contributed by atoms with Crippen LogP contribution in [-0.4, -0.2) is 12.2 Å². The predicted octanol–water partition coefficient (Wildman–Crippen LogP) is 1.43. The van der Waals surface area contributed by atoms with E-state index in [0.29, 0.717) is 11.1 Å². The molecule has 4 N–H and O–H groups in total.